The molecule has 0 aromatic rings. The molecule has 22 N–H and O–H groups in total. The summed E-state index contributed by atoms with van der Waals surface area (Å²) in [5.74, 6) is -3.65. The molecule has 0 saturated heterocycles. The molecule has 0 heterocycles. The quantitative estimate of drug-likeness (QED) is 0.354. The summed E-state index contributed by atoms with van der Waals surface area (Å²) >= 11 is 0. The largest absolute Gasteiger partial charge is 0.473 e. The maximum atomic E-state index is 9.10. The summed E-state index contributed by atoms with van der Waals surface area (Å²) < 4.78 is 0. The first-order chi connectivity index (χ1) is 2.64. The molecule has 0 aliphatic heterocycles. The van der Waals surface area contributed by atoms with Crippen molar-refractivity contribution in [3.05, 3.63) is 0 Å². The third-order valence-corrected chi connectivity index (χ3v) is 0.183. The van der Waals surface area contributed by atoms with Gasteiger partial charge in [-0.15, -0.1) is 0 Å². The molecule has 0 fully saturated rings. The summed E-state index contributed by atoms with van der Waals surface area (Å²) in [5, 5.41) is 14.8. The average Bonchev–Trinajstić information content (AvgIpc) is 1.36. The standard InChI is InChI=1S/C2H2O4.10H2O.Tb/c3-1(4)2(5)6;;;;;;;;;;;/h(H,3,4)(H,5,6);10*1H2;. The van der Waals surface area contributed by atoms with Crippen LogP contribution in [0.5, 0.6) is 0 Å². The number of aliphatic carboxylic acids is 2. The fraction of sp³-hybridized carbons (Fsp3) is 0. The zero-order valence-corrected chi connectivity index (χ0v) is 10.2. The third-order valence-electron chi connectivity index (χ3n) is 0.183. The van der Waals surface area contributed by atoms with E-state index >= 15 is 0 Å². The Kier molecular flexibility index (Phi) is 1090. The Morgan fingerprint density at radius 3 is 0.529 bits per heavy atom. The predicted molar refractivity (Wildman–Crippen MR) is 51.4 cm³/mol. The number of carboxylic acid groups (broad SMARTS) is 2. The Labute approximate surface area is 125 Å². The zero-order valence-electron chi connectivity index (χ0n) is 8.04. The SMILES string of the molecule is O.O.O.O.O.O.O.O.O.O.O=C(O)C(=O)O.[Tb]. The van der Waals surface area contributed by atoms with Crippen molar-refractivity contribution in [1.29, 1.82) is 0 Å². The van der Waals surface area contributed by atoms with Gasteiger partial charge in [0.15, 0.2) is 0 Å². The molecule has 0 aliphatic carbocycles. The van der Waals surface area contributed by atoms with E-state index in [1.54, 1.807) is 0 Å². The van der Waals surface area contributed by atoms with Gasteiger partial charge >= 0.3 is 11.9 Å². The Bertz CT molecular complexity index is 80.2. The molecule has 1 radical (unpaired) electrons. The zero-order chi connectivity index (χ0) is 5.15. The summed E-state index contributed by atoms with van der Waals surface area (Å²) in [6.45, 7) is 0. The molecule has 123 valence electrons. The van der Waals surface area contributed by atoms with Crippen LogP contribution in [0, 0.1) is 38.6 Å². The first-order valence-corrected chi connectivity index (χ1v) is 1.11. The van der Waals surface area contributed by atoms with Crippen molar-refractivity contribution >= 4 is 11.9 Å². The van der Waals surface area contributed by atoms with E-state index in [1.165, 1.54) is 0 Å². The van der Waals surface area contributed by atoms with Gasteiger partial charge in [-0.05, 0) is 0 Å². The third kappa shape index (κ3) is 207. The van der Waals surface area contributed by atoms with Crippen LogP contribution in [-0.4, -0.2) is 76.9 Å². The van der Waals surface area contributed by atoms with Gasteiger partial charge < -0.3 is 65.0 Å². The number of carboxylic acids is 2. The molecule has 15 heteroatoms. The van der Waals surface area contributed by atoms with E-state index in [4.69, 9.17) is 19.8 Å². The van der Waals surface area contributed by atoms with Crippen LogP contribution in [0.4, 0.5) is 0 Å². The van der Waals surface area contributed by atoms with Crippen molar-refractivity contribution in [2.75, 3.05) is 0 Å². The van der Waals surface area contributed by atoms with Crippen molar-refractivity contribution in [2.45, 2.75) is 0 Å². The van der Waals surface area contributed by atoms with Gasteiger partial charge in [0.25, 0.3) is 0 Å². The van der Waals surface area contributed by atoms with E-state index in [0.29, 0.717) is 0 Å². The number of hydrogen-bond donors (Lipinski definition) is 2. The van der Waals surface area contributed by atoms with Crippen molar-refractivity contribution in [3.63, 3.8) is 0 Å². The smallest absolute Gasteiger partial charge is 0.414 e. The molecule has 14 nitrogen and oxygen atoms in total. The molecule has 0 unspecified atom stereocenters. The second-order valence-corrected chi connectivity index (χ2v) is 0.610. The molecule has 0 aliphatic rings. The maximum Gasteiger partial charge on any atom is 0.414 e. The van der Waals surface area contributed by atoms with E-state index in [1.807, 2.05) is 0 Å². The first-order valence-electron chi connectivity index (χ1n) is 1.11. The summed E-state index contributed by atoms with van der Waals surface area (Å²) in [5.41, 5.74) is 0. The molecule has 0 spiro atoms. The summed E-state index contributed by atoms with van der Waals surface area (Å²) in [6.07, 6.45) is 0. The molecule has 17 heavy (non-hydrogen) atoms. The van der Waals surface area contributed by atoms with Crippen molar-refractivity contribution < 1.29 is 113 Å². The number of rotatable bonds is 0. The van der Waals surface area contributed by atoms with Crippen molar-refractivity contribution in [1.82, 2.24) is 0 Å². The molecule has 0 atom stereocenters. The summed E-state index contributed by atoms with van der Waals surface area (Å²) in [4.78, 5) is 18.2. The van der Waals surface area contributed by atoms with Crippen LogP contribution >= 0.6 is 0 Å². The van der Waals surface area contributed by atoms with Crippen LogP contribution in [0.3, 0.4) is 0 Å². The molecular weight excluding hydrogens is 407 g/mol. The van der Waals surface area contributed by atoms with Crippen molar-refractivity contribution in [2.24, 2.45) is 0 Å². The van der Waals surface area contributed by atoms with E-state index < -0.39 is 11.9 Å². The minimum absolute atomic E-state index is 0. The minimum Gasteiger partial charge on any atom is -0.473 e. The van der Waals surface area contributed by atoms with Crippen molar-refractivity contribution in [3.8, 4) is 0 Å². The molecule has 0 aromatic carbocycles. The van der Waals surface area contributed by atoms with Crippen LogP contribution in [0.1, 0.15) is 0 Å². The van der Waals surface area contributed by atoms with Crippen LogP contribution in [0.25, 0.3) is 0 Å². The van der Waals surface area contributed by atoms with Crippen LogP contribution in [0.15, 0.2) is 0 Å². The van der Waals surface area contributed by atoms with Crippen LogP contribution in [-0.2, 0) is 9.59 Å². The van der Waals surface area contributed by atoms with Gasteiger partial charge in [-0.1, -0.05) is 0 Å². The molecule has 0 aromatic heterocycles. The van der Waals surface area contributed by atoms with Gasteiger partial charge in [0.2, 0.25) is 0 Å². The minimum atomic E-state index is -1.82. The van der Waals surface area contributed by atoms with E-state index in [2.05, 4.69) is 0 Å². The topological polar surface area (TPSA) is 390 Å². The number of carbonyl (C=O) groups is 2. The Morgan fingerprint density at radius 2 is 0.529 bits per heavy atom. The van der Waals surface area contributed by atoms with Crippen LogP contribution in [0.2, 0.25) is 0 Å². The van der Waals surface area contributed by atoms with E-state index in [-0.39, 0.29) is 93.4 Å². The van der Waals surface area contributed by atoms with Gasteiger partial charge in [-0.2, -0.15) is 0 Å². The van der Waals surface area contributed by atoms with Gasteiger partial charge in [0.1, 0.15) is 0 Å². The Balaban J connectivity index is -0.00000000227. The van der Waals surface area contributed by atoms with Crippen LogP contribution < -0.4 is 0 Å². The van der Waals surface area contributed by atoms with Gasteiger partial charge in [-0.3, -0.25) is 0 Å². The normalized spacial score (nSPS) is 2.59. The summed E-state index contributed by atoms with van der Waals surface area (Å²) in [7, 11) is 0. The Hall–Kier alpha value is -0.174. The average molecular weight is 429 g/mol. The monoisotopic (exact) mass is 429 g/mol. The van der Waals surface area contributed by atoms with E-state index in [0.717, 1.165) is 0 Å². The molecule has 0 amide bonds. The second kappa shape index (κ2) is 102. The van der Waals surface area contributed by atoms with Gasteiger partial charge in [-0.25, -0.2) is 9.59 Å². The molecule has 0 saturated carbocycles. The first kappa shape index (κ1) is 181. The fourth-order valence-corrected chi connectivity index (χ4v) is 0. The van der Waals surface area contributed by atoms with Gasteiger partial charge in [0.05, 0.1) is 0 Å². The second-order valence-electron chi connectivity index (χ2n) is 0.610. The molecular formula is C2H22O14Tb. The number of hydrogen-bond acceptors (Lipinski definition) is 2. The fourth-order valence-electron chi connectivity index (χ4n) is 0. The molecule has 0 bridgehead atoms. The molecule has 0 rings (SSSR count). The maximum absolute atomic E-state index is 9.10. The van der Waals surface area contributed by atoms with E-state index in [9.17, 15) is 0 Å². The predicted octanol–water partition coefficient (Wildman–Crippen LogP) is -9.09. The van der Waals surface area contributed by atoms with Gasteiger partial charge in [0, 0.05) is 38.6 Å². The Morgan fingerprint density at radius 1 is 0.471 bits per heavy atom. The summed E-state index contributed by atoms with van der Waals surface area (Å²) in [6, 6.07) is 0.